The maximum Gasteiger partial charge on any atom is 0.354 e. The van der Waals surface area contributed by atoms with Gasteiger partial charge in [-0.25, -0.2) is 18.6 Å². The monoisotopic (exact) mass is 330 g/mol. The van der Waals surface area contributed by atoms with Crippen LogP contribution in [-0.4, -0.2) is 54.3 Å². The highest BCUT2D eigenvalue weighted by Crippen LogP contribution is 2.45. The summed E-state index contributed by atoms with van der Waals surface area (Å²) in [4.78, 5) is 27.0. The van der Waals surface area contributed by atoms with Crippen molar-refractivity contribution in [1.29, 1.82) is 0 Å². The molecule has 126 valence electrons. The van der Waals surface area contributed by atoms with Crippen molar-refractivity contribution in [1.82, 2.24) is 10.3 Å². The lowest BCUT2D eigenvalue weighted by Crippen LogP contribution is -2.64. The first kappa shape index (κ1) is 17.1. The molecule has 0 saturated heterocycles. The third-order valence-electron chi connectivity index (χ3n) is 3.48. The van der Waals surface area contributed by atoms with Crippen LogP contribution in [0.3, 0.4) is 0 Å². The number of nitrogens with one attached hydrogen (secondary N) is 1. The van der Waals surface area contributed by atoms with Gasteiger partial charge in [0, 0.05) is 32.1 Å². The van der Waals surface area contributed by atoms with Crippen LogP contribution in [-0.2, 0) is 4.74 Å². The van der Waals surface area contributed by atoms with Gasteiger partial charge < -0.3 is 19.9 Å². The van der Waals surface area contributed by atoms with Crippen molar-refractivity contribution in [2.45, 2.75) is 24.3 Å². The van der Waals surface area contributed by atoms with Crippen LogP contribution >= 0.6 is 0 Å². The summed E-state index contributed by atoms with van der Waals surface area (Å²) in [5.41, 5.74) is -1.80. The van der Waals surface area contributed by atoms with Crippen LogP contribution in [0.1, 0.15) is 33.8 Å². The molecule has 2 rings (SSSR count). The van der Waals surface area contributed by atoms with Gasteiger partial charge in [-0.1, -0.05) is 0 Å². The van der Waals surface area contributed by atoms with Gasteiger partial charge in [-0.15, -0.1) is 0 Å². The zero-order valence-electron chi connectivity index (χ0n) is 12.6. The van der Waals surface area contributed by atoms with Crippen molar-refractivity contribution in [2.24, 2.45) is 0 Å². The van der Waals surface area contributed by atoms with Crippen LogP contribution in [0.5, 0.6) is 5.75 Å². The highest BCUT2D eigenvalue weighted by Gasteiger charge is 2.57. The Morgan fingerprint density at radius 1 is 1.30 bits per heavy atom. The Morgan fingerprint density at radius 2 is 1.91 bits per heavy atom. The molecule has 0 aromatic carbocycles. The number of hydrogen-bond acceptors (Lipinski definition) is 5. The second-order valence-corrected chi connectivity index (χ2v) is 5.46. The molecule has 1 heterocycles. The molecule has 1 aromatic heterocycles. The van der Waals surface area contributed by atoms with Crippen molar-refractivity contribution in [3.05, 3.63) is 23.5 Å². The molecule has 0 unspecified atom stereocenters. The Morgan fingerprint density at radius 3 is 2.39 bits per heavy atom. The number of carboxylic acids is 1. The van der Waals surface area contributed by atoms with Crippen LogP contribution in [0.25, 0.3) is 0 Å². The second kappa shape index (κ2) is 6.07. The van der Waals surface area contributed by atoms with Crippen LogP contribution in [0, 0.1) is 0 Å². The lowest BCUT2D eigenvalue weighted by molar-refractivity contribution is -0.146. The molecule has 1 amide bonds. The molecule has 9 heteroatoms. The number of carboxylic acid groups (broad SMARTS) is 1. The predicted octanol–water partition coefficient (Wildman–Crippen LogP) is 1.33. The minimum Gasteiger partial charge on any atom is -0.497 e. The molecular weight excluding hydrogens is 314 g/mol. The fraction of sp³-hybridized carbons (Fsp3) is 0.500. The summed E-state index contributed by atoms with van der Waals surface area (Å²) in [5, 5.41) is 11.5. The number of hydrogen-bond donors (Lipinski definition) is 2. The Balaban J connectivity index is 2.23. The number of ether oxygens (including phenoxy) is 2. The zero-order valence-corrected chi connectivity index (χ0v) is 12.6. The number of aromatic carboxylic acids is 1. The fourth-order valence-electron chi connectivity index (χ4n) is 2.60. The van der Waals surface area contributed by atoms with Gasteiger partial charge in [0.05, 0.1) is 19.3 Å². The molecule has 0 atom stereocenters. The highest BCUT2D eigenvalue weighted by molar-refractivity contribution is 5.95. The molecule has 0 bridgehead atoms. The normalized spacial score (nSPS) is 17.9. The third kappa shape index (κ3) is 3.73. The summed E-state index contributed by atoms with van der Waals surface area (Å²) < 4.78 is 36.2. The van der Waals surface area contributed by atoms with Crippen LogP contribution in [0.2, 0.25) is 0 Å². The molecule has 1 aromatic rings. The van der Waals surface area contributed by atoms with E-state index in [1.807, 2.05) is 0 Å². The maximum atomic E-state index is 13.2. The van der Waals surface area contributed by atoms with Crippen molar-refractivity contribution >= 4 is 11.9 Å². The molecule has 2 N–H and O–H groups in total. The second-order valence-electron chi connectivity index (χ2n) is 5.46. The molecule has 1 fully saturated rings. The van der Waals surface area contributed by atoms with E-state index in [9.17, 15) is 18.4 Å². The topological polar surface area (TPSA) is 97.8 Å². The van der Waals surface area contributed by atoms with Gasteiger partial charge >= 0.3 is 5.97 Å². The molecule has 23 heavy (non-hydrogen) atoms. The SMILES string of the molecule is COCC1(NC(=O)c2cc(OC)cc(C(=O)O)n2)CC(F)(F)C1. The number of rotatable bonds is 6. The van der Waals surface area contributed by atoms with Crippen molar-refractivity contribution < 1.29 is 33.0 Å². The number of carbonyl (C=O) groups is 2. The van der Waals surface area contributed by atoms with Gasteiger partial charge in [-0.2, -0.15) is 0 Å². The van der Waals surface area contributed by atoms with Crippen molar-refractivity contribution in [3.8, 4) is 5.75 Å². The lowest BCUT2D eigenvalue weighted by Gasteiger charge is -2.47. The Kier molecular flexibility index (Phi) is 4.51. The summed E-state index contributed by atoms with van der Waals surface area (Å²) in [5.74, 6) is -4.83. The van der Waals surface area contributed by atoms with E-state index in [0.717, 1.165) is 6.07 Å². The zero-order chi connectivity index (χ0) is 17.3. The molecule has 0 aliphatic heterocycles. The van der Waals surface area contributed by atoms with E-state index in [2.05, 4.69) is 10.3 Å². The van der Waals surface area contributed by atoms with Crippen molar-refractivity contribution in [3.63, 3.8) is 0 Å². The van der Waals surface area contributed by atoms with Gasteiger partial charge in [0.2, 0.25) is 0 Å². The standard InChI is InChI=1S/C14H16F2N2O5/c1-22-7-13(5-14(15,16)6-13)18-11(19)9-3-8(23-2)4-10(17-9)12(20)21/h3-4H,5-7H2,1-2H3,(H,18,19)(H,20,21). The van der Waals surface area contributed by atoms with Crippen LogP contribution in [0.15, 0.2) is 12.1 Å². The third-order valence-corrected chi connectivity index (χ3v) is 3.48. The molecule has 1 aliphatic carbocycles. The number of amides is 1. The van der Waals surface area contributed by atoms with E-state index in [4.69, 9.17) is 14.6 Å². The largest absolute Gasteiger partial charge is 0.497 e. The van der Waals surface area contributed by atoms with Gasteiger partial charge in [0.15, 0.2) is 5.69 Å². The summed E-state index contributed by atoms with van der Waals surface area (Å²) in [6, 6.07) is 2.39. The molecule has 0 spiro atoms. The summed E-state index contributed by atoms with van der Waals surface area (Å²) >= 11 is 0. The Labute approximate surface area is 130 Å². The predicted molar refractivity (Wildman–Crippen MR) is 74.0 cm³/mol. The van der Waals surface area contributed by atoms with Crippen molar-refractivity contribution in [2.75, 3.05) is 20.8 Å². The van der Waals surface area contributed by atoms with Gasteiger partial charge in [0.25, 0.3) is 11.8 Å². The van der Waals surface area contributed by atoms with E-state index in [0.29, 0.717) is 0 Å². The lowest BCUT2D eigenvalue weighted by atomic mass is 9.73. The van der Waals surface area contributed by atoms with Crippen LogP contribution in [0.4, 0.5) is 8.78 Å². The quantitative estimate of drug-likeness (QED) is 0.817. The minimum absolute atomic E-state index is 0.0793. The number of aromatic nitrogens is 1. The fourth-order valence-corrected chi connectivity index (χ4v) is 2.60. The maximum absolute atomic E-state index is 13.2. The summed E-state index contributed by atoms with van der Waals surface area (Å²) in [7, 11) is 2.65. The molecule has 1 aliphatic rings. The molecule has 7 nitrogen and oxygen atoms in total. The number of pyridine rings is 1. The highest BCUT2D eigenvalue weighted by atomic mass is 19.3. The molecule has 0 radical (unpaired) electrons. The van der Waals surface area contributed by atoms with Gasteiger partial charge in [-0.05, 0) is 0 Å². The number of alkyl halides is 2. The number of nitrogens with zero attached hydrogens (tertiary/aromatic N) is 1. The average Bonchev–Trinajstić information content (AvgIpc) is 2.44. The number of carbonyl (C=O) groups excluding carboxylic acids is 1. The Bertz CT molecular complexity index is 628. The van der Waals surface area contributed by atoms with E-state index in [1.54, 1.807) is 0 Å². The number of halogens is 2. The van der Waals surface area contributed by atoms with Gasteiger partial charge in [-0.3, -0.25) is 4.79 Å². The molecular formula is C14H16F2N2O5. The first-order chi connectivity index (χ1) is 10.7. The van der Waals surface area contributed by atoms with E-state index in [-0.39, 0.29) is 23.7 Å². The summed E-state index contributed by atoms with van der Waals surface area (Å²) in [6.45, 7) is -0.0793. The van der Waals surface area contributed by atoms with E-state index in [1.165, 1.54) is 20.3 Å². The summed E-state index contributed by atoms with van der Waals surface area (Å²) in [6.07, 6.45) is -1.09. The first-order valence-electron chi connectivity index (χ1n) is 6.69. The molecule has 1 saturated carbocycles. The Hall–Kier alpha value is -2.29. The number of methoxy groups -OCH3 is 2. The van der Waals surface area contributed by atoms with Crippen LogP contribution < -0.4 is 10.1 Å². The van der Waals surface area contributed by atoms with E-state index >= 15 is 0 Å². The minimum atomic E-state index is -2.86. The smallest absolute Gasteiger partial charge is 0.354 e. The first-order valence-corrected chi connectivity index (χ1v) is 6.69. The van der Waals surface area contributed by atoms with Gasteiger partial charge in [0.1, 0.15) is 11.4 Å². The van der Waals surface area contributed by atoms with E-state index < -0.39 is 36.2 Å². The average molecular weight is 330 g/mol.